The minimum atomic E-state index is -3.23. The fraction of sp³-hybridized carbons (Fsp3) is 0.417. The van der Waals surface area contributed by atoms with E-state index in [4.69, 9.17) is 5.26 Å². The van der Waals surface area contributed by atoms with Crippen LogP contribution < -0.4 is 0 Å². The van der Waals surface area contributed by atoms with E-state index in [1.54, 1.807) is 30.3 Å². The van der Waals surface area contributed by atoms with Gasteiger partial charge in [-0.1, -0.05) is 18.2 Å². The molecule has 2 rings (SSSR count). The van der Waals surface area contributed by atoms with E-state index in [1.807, 2.05) is 0 Å². The summed E-state index contributed by atoms with van der Waals surface area (Å²) >= 11 is 0. The van der Waals surface area contributed by atoms with Gasteiger partial charge in [0.1, 0.15) is 0 Å². The molecule has 0 unspecified atom stereocenters. The summed E-state index contributed by atoms with van der Waals surface area (Å²) in [7, 11) is -3.23. The van der Waals surface area contributed by atoms with Crippen LogP contribution in [0.2, 0.25) is 0 Å². The predicted octanol–water partition coefficient (Wildman–Crippen LogP) is 2.15. The van der Waals surface area contributed by atoms with Crippen LogP contribution in [0.25, 0.3) is 0 Å². The molecule has 0 aromatic heterocycles. The van der Waals surface area contributed by atoms with Crippen molar-refractivity contribution in [2.45, 2.75) is 24.2 Å². The molecule has 1 aliphatic rings. The summed E-state index contributed by atoms with van der Waals surface area (Å²) in [5.41, 5.74) is -0.260. The standard InChI is InChI=1S/C12H13NO2S/c13-9-8-12(6-7-12)10-16(14,15)11-4-2-1-3-5-11/h1-5H,6-8,10H2. The molecule has 16 heavy (non-hydrogen) atoms. The number of sulfone groups is 1. The van der Waals surface area contributed by atoms with E-state index in [1.165, 1.54) is 0 Å². The molecule has 0 amide bonds. The molecule has 1 fully saturated rings. The second-order valence-electron chi connectivity index (χ2n) is 4.41. The number of rotatable bonds is 4. The van der Waals surface area contributed by atoms with Crippen molar-refractivity contribution in [3.05, 3.63) is 30.3 Å². The van der Waals surface area contributed by atoms with Crippen molar-refractivity contribution < 1.29 is 8.42 Å². The van der Waals surface area contributed by atoms with Crippen LogP contribution in [0.4, 0.5) is 0 Å². The van der Waals surface area contributed by atoms with Gasteiger partial charge in [0, 0.05) is 6.42 Å². The molecule has 0 spiro atoms. The van der Waals surface area contributed by atoms with Crippen LogP contribution in [0.5, 0.6) is 0 Å². The Balaban J connectivity index is 2.20. The highest BCUT2D eigenvalue weighted by atomic mass is 32.2. The molecule has 0 atom stereocenters. The lowest BCUT2D eigenvalue weighted by Gasteiger charge is -2.11. The van der Waals surface area contributed by atoms with Crippen molar-refractivity contribution in [1.82, 2.24) is 0 Å². The van der Waals surface area contributed by atoms with E-state index in [2.05, 4.69) is 6.07 Å². The van der Waals surface area contributed by atoms with Gasteiger partial charge in [-0.25, -0.2) is 8.42 Å². The lowest BCUT2D eigenvalue weighted by atomic mass is 10.1. The minimum absolute atomic E-state index is 0.109. The summed E-state index contributed by atoms with van der Waals surface area (Å²) < 4.78 is 24.1. The summed E-state index contributed by atoms with van der Waals surface area (Å²) in [5, 5.41) is 8.66. The number of benzene rings is 1. The van der Waals surface area contributed by atoms with E-state index in [0.717, 1.165) is 12.8 Å². The average Bonchev–Trinajstić information content (AvgIpc) is 2.99. The Hall–Kier alpha value is -1.34. The number of nitrogens with zero attached hydrogens (tertiary/aromatic N) is 1. The number of hydrogen-bond donors (Lipinski definition) is 0. The molecule has 0 N–H and O–H groups in total. The Kier molecular flexibility index (Phi) is 2.73. The van der Waals surface area contributed by atoms with E-state index < -0.39 is 9.84 Å². The summed E-state index contributed by atoms with van der Waals surface area (Å²) in [5.74, 6) is 0.109. The quantitative estimate of drug-likeness (QED) is 0.803. The molecule has 1 aromatic rings. The minimum Gasteiger partial charge on any atom is -0.224 e. The first kappa shape index (κ1) is 11.2. The Morgan fingerprint density at radius 2 is 1.88 bits per heavy atom. The first-order valence-electron chi connectivity index (χ1n) is 5.23. The predicted molar refractivity (Wildman–Crippen MR) is 60.4 cm³/mol. The van der Waals surface area contributed by atoms with Crippen molar-refractivity contribution in [1.29, 1.82) is 5.26 Å². The molecule has 84 valence electrons. The molecule has 0 heterocycles. The molecule has 1 aromatic carbocycles. The third kappa shape index (κ3) is 2.25. The van der Waals surface area contributed by atoms with Crippen molar-refractivity contribution in [2.75, 3.05) is 5.75 Å². The van der Waals surface area contributed by atoms with E-state index in [9.17, 15) is 8.42 Å². The highest BCUT2D eigenvalue weighted by Gasteiger charge is 2.46. The highest BCUT2D eigenvalue weighted by molar-refractivity contribution is 7.91. The zero-order chi connectivity index (χ0) is 11.6. The SMILES string of the molecule is N#CCC1(CS(=O)(=O)c2ccccc2)CC1. The van der Waals surface area contributed by atoms with E-state index in [0.29, 0.717) is 11.3 Å². The van der Waals surface area contributed by atoms with E-state index in [-0.39, 0.29) is 11.2 Å². The van der Waals surface area contributed by atoms with Crippen LogP contribution in [-0.2, 0) is 9.84 Å². The molecule has 0 radical (unpaired) electrons. The normalized spacial score (nSPS) is 17.7. The summed E-state index contributed by atoms with van der Waals surface area (Å²) in [4.78, 5) is 0.360. The van der Waals surface area contributed by atoms with Gasteiger partial charge in [-0.2, -0.15) is 5.26 Å². The van der Waals surface area contributed by atoms with Crippen LogP contribution in [0.15, 0.2) is 35.2 Å². The third-order valence-corrected chi connectivity index (χ3v) is 4.99. The monoisotopic (exact) mass is 235 g/mol. The van der Waals surface area contributed by atoms with Gasteiger partial charge in [0.2, 0.25) is 0 Å². The van der Waals surface area contributed by atoms with Crippen LogP contribution in [0, 0.1) is 16.7 Å². The van der Waals surface area contributed by atoms with Crippen LogP contribution >= 0.6 is 0 Å². The Morgan fingerprint density at radius 1 is 1.25 bits per heavy atom. The fourth-order valence-corrected chi connectivity index (χ4v) is 3.77. The lowest BCUT2D eigenvalue weighted by molar-refractivity contribution is 0.548. The first-order chi connectivity index (χ1) is 7.58. The van der Waals surface area contributed by atoms with E-state index >= 15 is 0 Å². The van der Waals surface area contributed by atoms with Gasteiger partial charge in [-0.05, 0) is 30.4 Å². The molecule has 0 saturated heterocycles. The molecule has 0 aliphatic heterocycles. The first-order valence-corrected chi connectivity index (χ1v) is 6.88. The maximum atomic E-state index is 12.1. The van der Waals surface area contributed by atoms with Crippen molar-refractivity contribution in [2.24, 2.45) is 5.41 Å². The largest absolute Gasteiger partial charge is 0.224 e. The topological polar surface area (TPSA) is 57.9 Å². The second kappa shape index (κ2) is 3.91. The molecule has 1 saturated carbocycles. The van der Waals surface area contributed by atoms with Crippen molar-refractivity contribution >= 4 is 9.84 Å². The average molecular weight is 235 g/mol. The lowest BCUT2D eigenvalue weighted by Crippen LogP contribution is -2.17. The zero-order valence-electron chi connectivity index (χ0n) is 8.89. The van der Waals surface area contributed by atoms with Gasteiger partial charge >= 0.3 is 0 Å². The zero-order valence-corrected chi connectivity index (χ0v) is 9.70. The Bertz CT molecular complexity index is 510. The smallest absolute Gasteiger partial charge is 0.178 e. The molecular weight excluding hydrogens is 222 g/mol. The molecule has 0 bridgehead atoms. The maximum absolute atomic E-state index is 12.1. The molecule has 4 heteroatoms. The van der Waals surface area contributed by atoms with Gasteiger partial charge in [0.05, 0.1) is 16.7 Å². The fourth-order valence-electron chi connectivity index (χ4n) is 1.83. The number of nitriles is 1. The highest BCUT2D eigenvalue weighted by Crippen LogP contribution is 2.50. The van der Waals surface area contributed by atoms with Crippen LogP contribution in [0.1, 0.15) is 19.3 Å². The summed E-state index contributed by atoms with van der Waals surface area (Å²) in [6.07, 6.45) is 2.05. The van der Waals surface area contributed by atoms with Gasteiger partial charge in [0.25, 0.3) is 0 Å². The Morgan fingerprint density at radius 3 is 2.38 bits per heavy atom. The van der Waals surface area contributed by atoms with Crippen LogP contribution in [-0.4, -0.2) is 14.2 Å². The van der Waals surface area contributed by atoms with Crippen LogP contribution in [0.3, 0.4) is 0 Å². The van der Waals surface area contributed by atoms with Gasteiger partial charge < -0.3 is 0 Å². The Labute approximate surface area is 95.6 Å². The molecule has 1 aliphatic carbocycles. The number of hydrogen-bond acceptors (Lipinski definition) is 3. The van der Waals surface area contributed by atoms with Gasteiger partial charge in [-0.15, -0.1) is 0 Å². The summed E-state index contributed by atoms with van der Waals surface area (Å²) in [6, 6.07) is 10.5. The van der Waals surface area contributed by atoms with Crippen molar-refractivity contribution in [3.63, 3.8) is 0 Å². The van der Waals surface area contributed by atoms with Crippen molar-refractivity contribution in [3.8, 4) is 6.07 Å². The second-order valence-corrected chi connectivity index (χ2v) is 6.40. The third-order valence-electron chi connectivity index (χ3n) is 3.01. The molecular formula is C12H13NO2S. The van der Waals surface area contributed by atoms with Gasteiger partial charge in [0.15, 0.2) is 9.84 Å². The maximum Gasteiger partial charge on any atom is 0.178 e. The van der Waals surface area contributed by atoms with Gasteiger partial charge in [-0.3, -0.25) is 0 Å². The molecule has 3 nitrogen and oxygen atoms in total. The summed E-state index contributed by atoms with van der Waals surface area (Å²) in [6.45, 7) is 0.